The number of hydrogen-bond acceptors (Lipinski definition) is 2. The van der Waals surface area contributed by atoms with Crippen molar-refractivity contribution in [3.63, 3.8) is 0 Å². The van der Waals surface area contributed by atoms with E-state index in [1.807, 2.05) is 24.3 Å². The van der Waals surface area contributed by atoms with Crippen LogP contribution in [0, 0.1) is 5.82 Å². The summed E-state index contributed by atoms with van der Waals surface area (Å²) in [6.45, 7) is 1.97. The number of halogens is 1. The summed E-state index contributed by atoms with van der Waals surface area (Å²) >= 11 is 0. The number of benzene rings is 2. The monoisotopic (exact) mass is 328 g/mol. The van der Waals surface area contributed by atoms with E-state index in [4.69, 9.17) is 0 Å². The van der Waals surface area contributed by atoms with Crippen molar-refractivity contribution in [2.24, 2.45) is 0 Å². The summed E-state index contributed by atoms with van der Waals surface area (Å²) in [5.41, 5.74) is 2.09. The molecule has 0 heterocycles. The molecule has 24 heavy (non-hydrogen) atoms. The lowest BCUT2D eigenvalue weighted by Crippen LogP contribution is -2.32. The zero-order valence-corrected chi connectivity index (χ0v) is 13.6. The van der Waals surface area contributed by atoms with Crippen LogP contribution < -0.4 is 10.6 Å². The van der Waals surface area contributed by atoms with E-state index in [1.54, 1.807) is 0 Å². The van der Waals surface area contributed by atoms with Gasteiger partial charge in [0.15, 0.2) is 0 Å². The third kappa shape index (κ3) is 5.50. The van der Waals surface area contributed by atoms with Gasteiger partial charge in [-0.3, -0.25) is 9.59 Å². The van der Waals surface area contributed by atoms with Gasteiger partial charge in [0.25, 0.3) is 5.91 Å². The normalized spacial score (nSPS) is 10.2. The molecule has 0 spiro atoms. The average molecular weight is 328 g/mol. The Morgan fingerprint density at radius 3 is 2.50 bits per heavy atom. The highest BCUT2D eigenvalue weighted by molar-refractivity contribution is 5.99. The summed E-state index contributed by atoms with van der Waals surface area (Å²) in [6, 6.07) is 13.0. The van der Waals surface area contributed by atoms with Crippen LogP contribution in [0.5, 0.6) is 0 Å². The maximum absolute atomic E-state index is 13.1. The molecule has 0 bridgehead atoms. The summed E-state index contributed by atoms with van der Waals surface area (Å²) in [7, 11) is 0. The lowest BCUT2D eigenvalue weighted by atomic mass is 10.1. The number of carbonyl (C=O) groups excluding carboxylic acids is 2. The van der Waals surface area contributed by atoms with E-state index < -0.39 is 11.7 Å². The van der Waals surface area contributed by atoms with Gasteiger partial charge in [-0.05, 0) is 48.7 Å². The zero-order chi connectivity index (χ0) is 17.4. The van der Waals surface area contributed by atoms with Crippen LogP contribution >= 0.6 is 0 Å². The van der Waals surface area contributed by atoms with Gasteiger partial charge in [0.05, 0.1) is 6.54 Å². The Morgan fingerprint density at radius 2 is 1.83 bits per heavy atom. The molecule has 2 rings (SSSR count). The van der Waals surface area contributed by atoms with Crippen LogP contribution in [0.3, 0.4) is 0 Å². The first-order valence-corrected chi connectivity index (χ1v) is 8.01. The van der Waals surface area contributed by atoms with Gasteiger partial charge in [0.2, 0.25) is 5.91 Å². The first kappa shape index (κ1) is 17.7. The summed E-state index contributed by atoms with van der Waals surface area (Å²) < 4.78 is 13.1. The largest absolute Gasteiger partial charge is 0.343 e. The molecule has 2 aromatic rings. The topological polar surface area (TPSA) is 58.2 Å². The molecule has 0 radical (unpaired) electrons. The number of anilines is 1. The molecule has 0 saturated carbocycles. The van der Waals surface area contributed by atoms with Crippen LogP contribution in [0.1, 0.15) is 35.7 Å². The Kier molecular flexibility index (Phi) is 6.49. The van der Waals surface area contributed by atoms with Crippen molar-refractivity contribution in [1.82, 2.24) is 5.32 Å². The van der Waals surface area contributed by atoms with E-state index in [0.717, 1.165) is 25.3 Å². The van der Waals surface area contributed by atoms with E-state index in [9.17, 15) is 14.0 Å². The first-order chi connectivity index (χ1) is 11.6. The van der Waals surface area contributed by atoms with Gasteiger partial charge in [0, 0.05) is 11.3 Å². The zero-order valence-electron chi connectivity index (χ0n) is 13.6. The number of carbonyl (C=O) groups is 2. The minimum atomic E-state index is -0.490. The van der Waals surface area contributed by atoms with Crippen LogP contribution in [-0.2, 0) is 11.2 Å². The van der Waals surface area contributed by atoms with Crippen molar-refractivity contribution in [3.05, 3.63) is 65.5 Å². The van der Waals surface area contributed by atoms with Crippen LogP contribution in [0.15, 0.2) is 48.5 Å². The SMILES string of the molecule is CCCCc1ccc(NC(=O)CNC(=O)c2cccc(F)c2)cc1. The molecule has 0 unspecified atom stereocenters. The Morgan fingerprint density at radius 1 is 1.08 bits per heavy atom. The second kappa shape index (κ2) is 8.82. The van der Waals surface area contributed by atoms with Gasteiger partial charge in [-0.15, -0.1) is 0 Å². The van der Waals surface area contributed by atoms with Crippen LogP contribution in [0.4, 0.5) is 10.1 Å². The number of aryl methyl sites for hydroxylation is 1. The van der Waals surface area contributed by atoms with Crippen molar-refractivity contribution in [1.29, 1.82) is 0 Å². The number of nitrogens with one attached hydrogen (secondary N) is 2. The fourth-order valence-electron chi connectivity index (χ4n) is 2.23. The Bertz CT molecular complexity index is 699. The summed E-state index contributed by atoms with van der Waals surface area (Å²) in [4.78, 5) is 23.7. The third-order valence-electron chi connectivity index (χ3n) is 3.55. The van der Waals surface area contributed by atoms with E-state index in [0.29, 0.717) is 5.69 Å². The molecule has 0 saturated heterocycles. The van der Waals surface area contributed by atoms with Gasteiger partial charge < -0.3 is 10.6 Å². The number of unbranched alkanes of at least 4 members (excludes halogenated alkanes) is 1. The molecule has 0 aliphatic rings. The van der Waals surface area contributed by atoms with Crippen molar-refractivity contribution in [2.45, 2.75) is 26.2 Å². The molecular formula is C19H21FN2O2. The van der Waals surface area contributed by atoms with Gasteiger partial charge in [0.1, 0.15) is 5.82 Å². The molecule has 4 nitrogen and oxygen atoms in total. The maximum atomic E-state index is 13.1. The smallest absolute Gasteiger partial charge is 0.251 e. The van der Waals surface area contributed by atoms with Crippen molar-refractivity contribution >= 4 is 17.5 Å². The summed E-state index contributed by atoms with van der Waals surface area (Å²) in [6.07, 6.45) is 3.30. The van der Waals surface area contributed by atoms with E-state index in [-0.39, 0.29) is 18.0 Å². The quantitative estimate of drug-likeness (QED) is 0.817. The lowest BCUT2D eigenvalue weighted by molar-refractivity contribution is -0.115. The summed E-state index contributed by atoms with van der Waals surface area (Å²) in [5, 5.41) is 5.18. The van der Waals surface area contributed by atoms with Crippen molar-refractivity contribution in [3.8, 4) is 0 Å². The fourth-order valence-corrected chi connectivity index (χ4v) is 2.23. The third-order valence-corrected chi connectivity index (χ3v) is 3.55. The van der Waals surface area contributed by atoms with Crippen LogP contribution in [0.2, 0.25) is 0 Å². The number of hydrogen-bond donors (Lipinski definition) is 2. The number of amides is 2. The van der Waals surface area contributed by atoms with Crippen LogP contribution in [-0.4, -0.2) is 18.4 Å². The highest BCUT2D eigenvalue weighted by Gasteiger charge is 2.09. The van der Waals surface area contributed by atoms with Crippen molar-refractivity contribution < 1.29 is 14.0 Å². The lowest BCUT2D eigenvalue weighted by Gasteiger charge is -2.08. The Labute approximate surface area is 141 Å². The first-order valence-electron chi connectivity index (χ1n) is 8.01. The molecule has 0 aliphatic carbocycles. The molecule has 2 N–H and O–H groups in total. The molecule has 5 heteroatoms. The fraction of sp³-hybridized carbons (Fsp3) is 0.263. The van der Waals surface area contributed by atoms with Gasteiger partial charge in [-0.1, -0.05) is 31.5 Å². The Hall–Kier alpha value is -2.69. The molecule has 0 atom stereocenters. The average Bonchev–Trinajstić information content (AvgIpc) is 2.59. The highest BCUT2D eigenvalue weighted by atomic mass is 19.1. The van der Waals surface area contributed by atoms with Gasteiger partial charge >= 0.3 is 0 Å². The standard InChI is InChI=1S/C19H21FN2O2/c1-2-3-5-14-8-10-17(11-9-14)22-18(23)13-21-19(24)15-6-4-7-16(20)12-15/h4,6-12H,2-3,5,13H2,1H3,(H,21,24)(H,22,23). The van der Waals surface area contributed by atoms with Gasteiger partial charge in [-0.2, -0.15) is 0 Å². The summed E-state index contributed by atoms with van der Waals surface area (Å²) in [5.74, 6) is -1.31. The maximum Gasteiger partial charge on any atom is 0.251 e. The second-order valence-corrected chi connectivity index (χ2v) is 5.54. The molecule has 2 aromatic carbocycles. The van der Waals surface area contributed by atoms with Gasteiger partial charge in [-0.25, -0.2) is 4.39 Å². The molecule has 2 amide bonds. The van der Waals surface area contributed by atoms with E-state index >= 15 is 0 Å². The van der Waals surface area contributed by atoms with Crippen LogP contribution in [0.25, 0.3) is 0 Å². The number of rotatable bonds is 7. The molecular weight excluding hydrogens is 307 g/mol. The highest BCUT2D eigenvalue weighted by Crippen LogP contribution is 2.11. The van der Waals surface area contributed by atoms with Crippen molar-refractivity contribution in [2.75, 3.05) is 11.9 Å². The molecule has 0 aromatic heterocycles. The molecule has 0 aliphatic heterocycles. The molecule has 0 fully saturated rings. The minimum absolute atomic E-state index is 0.174. The second-order valence-electron chi connectivity index (χ2n) is 5.54. The van der Waals surface area contributed by atoms with E-state index in [2.05, 4.69) is 17.6 Å². The van der Waals surface area contributed by atoms with E-state index in [1.165, 1.54) is 23.8 Å². The predicted octanol–water partition coefficient (Wildman–Crippen LogP) is 3.54. The molecule has 126 valence electrons. The predicted molar refractivity (Wildman–Crippen MR) is 92.4 cm³/mol. The Balaban J connectivity index is 1.81. The minimum Gasteiger partial charge on any atom is -0.343 e.